The maximum absolute atomic E-state index is 13.7. The van der Waals surface area contributed by atoms with Gasteiger partial charge in [0, 0.05) is 6.42 Å². The first kappa shape index (κ1) is 51.5. The summed E-state index contributed by atoms with van der Waals surface area (Å²) >= 11 is 0. The fourth-order valence-electron chi connectivity index (χ4n) is 2.47. The first-order valence-electron chi connectivity index (χ1n) is 9.85. The molecule has 0 aliphatic heterocycles. The molecule has 0 unspecified atom stereocenters. The smallest absolute Gasteiger partial charge is 0.811 e. The van der Waals surface area contributed by atoms with Crippen molar-refractivity contribution in [3.8, 4) is 0 Å². The third-order valence-corrected chi connectivity index (χ3v) is 5.99. The van der Waals surface area contributed by atoms with E-state index in [-0.39, 0.29) is 59.1 Å². The molecule has 0 atom stereocenters. The molecule has 0 fully saturated rings. The van der Waals surface area contributed by atoms with Crippen LogP contribution in [0.5, 0.6) is 0 Å². The summed E-state index contributed by atoms with van der Waals surface area (Å²) in [6.07, 6.45) is -20.3. The van der Waals surface area contributed by atoms with Crippen LogP contribution in [0.4, 0.5) is 110 Å². The molecule has 3 nitrogen and oxygen atoms in total. The van der Waals surface area contributed by atoms with Crippen molar-refractivity contribution in [3.05, 3.63) is 12.2 Å². The van der Waals surface area contributed by atoms with Gasteiger partial charge in [-0.25, -0.2) is 0 Å². The summed E-state index contributed by atoms with van der Waals surface area (Å²) in [5.74, 6) is -91.2. The molecule has 0 N–H and O–H groups in total. The van der Waals surface area contributed by atoms with Crippen LogP contribution < -0.4 is 68.9 Å². The van der Waals surface area contributed by atoms with Crippen LogP contribution in [0.25, 0.3) is 0 Å². The number of hydrogen-bond acceptors (Lipinski definition) is 3. The molecule has 0 aromatic heterocycles. The van der Waals surface area contributed by atoms with Crippen molar-refractivity contribution in [3.63, 3.8) is 0 Å². The predicted octanol–water partition coefficient (Wildman–Crippen LogP) is 1.41. The maximum atomic E-state index is 13.7. The molecule has 0 heterocycles. The summed E-state index contributed by atoms with van der Waals surface area (Å²) in [6, 6.07) is 0. The Morgan fingerprint density at radius 2 is 0.638 bits per heavy atom. The van der Waals surface area contributed by atoms with Gasteiger partial charge in [-0.15, -0.1) is 0 Å². The molecular formula is C16H6F25Na2O3P. The number of alkyl halides is 25. The number of rotatable bonds is 14. The van der Waals surface area contributed by atoms with Crippen molar-refractivity contribution in [1.29, 1.82) is 0 Å². The zero-order chi connectivity index (χ0) is 37.3. The van der Waals surface area contributed by atoms with Gasteiger partial charge in [-0.3, -0.25) is 0 Å². The first-order chi connectivity index (χ1) is 18.9. The average Bonchev–Trinajstić information content (AvgIpc) is 2.79. The van der Waals surface area contributed by atoms with Crippen LogP contribution in [0.1, 0.15) is 6.42 Å². The molecular weight excluding hydrogens is 792 g/mol. The summed E-state index contributed by atoms with van der Waals surface area (Å²) in [5, 5.41) is 0. The second-order valence-corrected chi connectivity index (χ2v) is 10.1. The quantitative estimate of drug-likeness (QED) is 0.116. The summed E-state index contributed by atoms with van der Waals surface area (Å²) in [5.41, 5.74) is 0. The SMILES string of the molecule is O=P([O-])([O-])CCC(F)(F)C(F)(F)C(F)(F)C(F)(F)C(F)(F)C(F)(F)C=CC(F)(F)C(F)(F)C(F)(F)C(F)(F)C(F)(F)C(F)(F)F.[Na+].[Na+]. The van der Waals surface area contributed by atoms with Gasteiger partial charge in [0.2, 0.25) is 0 Å². The third kappa shape index (κ3) is 8.29. The van der Waals surface area contributed by atoms with Crippen LogP contribution in [0, 0.1) is 0 Å². The van der Waals surface area contributed by atoms with Crippen LogP contribution in [0.15, 0.2) is 12.2 Å². The van der Waals surface area contributed by atoms with Crippen molar-refractivity contribution < 1.29 is 183 Å². The molecule has 0 aliphatic rings. The standard InChI is InChI=1S/C16H8F25O3P.2Na/c17-5(18,1-2-6(19,20)9(25,26)13(33,34)14(35,36)15(37,38)16(39,40)41)8(23,24)11(29,30)12(31,32)10(27,28)7(21,22)3-4-45(42,43)44;;/h1-2H,3-4H2,(H2,42,43,44);;/q;2*+1/p-2. The van der Waals surface area contributed by atoms with Gasteiger partial charge in [0.05, 0.1) is 0 Å². The first-order valence-corrected chi connectivity index (χ1v) is 11.6. The maximum Gasteiger partial charge on any atom is 1.00 e. The number of hydrogen-bond donors (Lipinski definition) is 0. The van der Waals surface area contributed by atoms with Gasteiger partial charge in [0.25, 0.3) is 0 Å². The average molecular weight is 798 g/mol. The molecule has 0 saturated heterocycles. The molecule has 47 heavy (non-hydrogen) atoms. The Morgan fingerprint density at radius 1 is 0.404 bits per heavy atom. The molecule has 0 aliphatic carbocycles. The fourth-order valence-corrected chi connectivity index (χ4v) is 3.02. The van der Waals surface area contributed by atoms with E-state index in [4.69, 9.17) is 0 Å². The van der Waals surface area contributed by atoms with Crippen molar-refractivity contribution in [2.24, 2.45) is 0 Å². The number of allylic oxidation sites excluding steroid dienone is 2. The summed E-state index contributed by atoms with van der Waals surface area (Å²) in [4.78, 5) is 20.4. The molecule has 31 heteroatoms. The van der Waals surface area contributed by atoms with E-state index in [1.165, 1.54) is 0 Å². The fraction of sp³-hybridized carbons (Fsp3) is 0.875. The summed E-state index contributed by atoms with van der Waals surface area (Å²) < 4.78 is 341. The zero-order valence-electron chi connectivity index (χ0n) is 21.7. The third-order valence-electron chi connectivity index (χ3n) is 5.22. The Bertz CT molecular complexity index is 1160. The Kier molecular flexibility index (Phi) is 15.3. The monoisotopic (exact) mass is 798 g/mol. The van der Waals surface area contributed by atoms with Crippen LogP contribution >= 0.6 is 7.60 Å². The van der Waals surface area contributed by atoms with E-state index in [0.717, 1.165) is 0 Å². The van der Waals surface area contributed by atoms with E-state index in [0.29, 0.717) is 0 Å². The zero-order valence-corrected chi connectivity index (χ0v) is 26.6. The molecule has 0 rings (SSSR count). The minimum absolute atomic E-state index is 0. The van der Waals surface area contributed by atoms with Crippen molar-refractivity contribution in [2.75, 3.05) is 6.16 Å². The topological polar surface area (TPSA) is 63.2 Å². The van der Waals surface area contributed by atoms with Crippen molar-refractivity contribution >= 4 is 7.60 Å². The van der Waals surface area contributed by atoms with E-state index in [9.17, 15) is 124 Å². The van der Waals surface area contributed by atoms with Gasteiger partial charge in [0.1, 0.15) is 0 Å². The molecule has 0 aromatic rings. The summed E-state index contributed by atoms with van der Waals surface area (Å²) in [6.45, 7) is 0. The van der Waals surface area contributed by atoms with Crippen molar-refractivity contribution in [2.45, 2.75) is 77.7 Å². The van der Waals surface area contributed by atoms with Gasteiger partial charge < -0.3 is 14.4 Å². The largest absolute Gasteiger partial charge is 1.00 e. The predicted molar refractivity (Wildman–Crippen MR) is 86.7 cm³/mol. The Labute approximate surface area is 286 Å². The Morgan fingerprint density at radius 3 is 0.872 bits per heavy atom. The minimum Gasteiger partial charge on any atom is -0.811 e. The van der Waals surface area contributed by atoms with E-state index < -0.39 is 104 Å². The van der Waals surface area contributed by atoms with Crippen LogP contribution in [0.2, 0.25) is 0 Å². The molecule has 0 aromatic carbocycles. The Balaban J connectivity index is -0.00000968. The molecule has 0 radical (unpaired) electrons. The van der Waals surface area contributed by atoms with Crippen LogP contribution in [0.3, 0.4) is 0 Å². The summed E-state index contributed by atoms with van der Waals surface area (Å²) in [7, 11) is -6.42. The van der Waals surface area contributed by atoms with Gasteiger partial charge in [-0.1, -0.05) is 7.60 Å². The molecule has 0 saturated carbocycles. The molecule has 0 bridgehead atoms. The van der Waals surface area contributed by atoms with Gasteiger partial charge in [-0.05, 0) is 18.3 Å². The Hall–Kier alpha value is 0.140. The van der Waals surface area contributed by atoms with Crippen molar-refractivity contribution in [1.82, 2.24) is 0 Å². The van der Waals surface area contributed by atoms with E-state index in [2.05, 4.69) is 0 Å². The molecule has 0 amide bonds. The second kappa shape index (κ2) is 13.9. The second-order valence-electron chi connectivity index (χ2n) is 8.46. The van der Waals surface area contributed by atoms with E-state index >= 15 is 0 Å². The number of halogens is 25. The van der Waals surface area contributed by atoms with Gasteiger partial charge in [0.15, 0.2) is 0 Å². The van der Waals surface area contributed by atoms with Gasteiger partial charge >= 0.3 is 130 Å². The molecule has 270 valence electrons. The normalized spacial score (nSPS) is 16.2. The van der Waals surface area contributed by atoms with Crippen LogP contribution in [-0.2, 0) is 4.57 Å². The van der Waals surface area contributed by atoms with Crippen LogP contribution in [-0.4, -0.2) is 77.5 Å². The molecule has 0 spiro atoms. The minimum atomic E-state index is -8.77. The van der Waals surface area contributed by atoms with E-state index in [1.54, 1.807) is 0 Å². The van der Waals surface area contributed by atoms with Gasteiger partial charge in [-0.2, -0.15) is 110 Å². The van der Waals surface area contributed by atoms with E-state index in [1.807, 2.05) is 0 Å².